The molecule has 8 heteroatoms. The molecule has 1 saturated heterocycles. The standard InChI is InChI=1S/C21H21N5O2S/c1-28-11-10-26-19(24-15-6-3-2-5-14(15)21(26)27)17-7-4-9-25(17)20-18-16(8-12-29-18)22-13-23-20/h2-3,5-6,8,12-13,17H,4,7,9-11H2,1H3. The van der Waals surface area contributed by atoms with Crippen LogP contribution in [0, 0.1) is 0 Å². The van der Waals surface area contributed by atoms with E-state index in [9.17, 15) is 4.79 Å². The third-order valence-electron chi connectivity index (χ3n) is 5.46. The van der Waals surface area contributed by atoms with Crippen molar-refractivity contribution in [3.8, 4) is 0 Å². The molecule has 4 heterocycles. The Morgan fingerprint density at radius 3 is 3.00 bits per heavy atom. The lowest BCUT2D eigenvalue weighted by Crippen LogP contribution is -2.33. The summed E-state index contributed by atoms with van der Waals surface area (Å²) in [6.45, 7) is 1.81. The van der Waals surface area contributed by atoms with Crippen LogP contribution in [0.3, 0.4) is 0 Å². The van der Waals surface area contributed by atoms with Crippen molar-refractivity contribution in [2.24, 2.45) is 0 Å². The van der Waals surface area contributed by atoms with E-state index in [4.69, 9.17) is 9.72 Å². The first-order valence-corrected chi connectivity index (χ1v) is 10.6. The molecule has 29 heavy (non-hydrogen) atoms. The van der Waals surface area contributed by atoms with Crippen LogP contribution in [-0.4, -0.2) is 39.8 Å². The molecule has 0 amide bonds. The lowest BCUT2D eigenvalue weighted by molar-refractivity contribution is 0.184. The number of nitrogens with zero attached hydrogens (tertiary/aromatic N) is 5. The molecule has 1 aliphatic heterocycles. The maximum Gasteiger partial charge on any atom is 0.261 e. The average Bonchev–Trinajstić information content (AvgIpc) is 3.42. The van der Waals surface area contributed by atoms with Gasteiger partial charge in [0.25, 0.3) is 5.56 Å². The molecule has 3 aromatic heterocycles. The number of anilines is 1. The number of methoxy groups -OCH3 is 1. The topological polar surface area (TPSA) is 73.1 Å². The molecule has 1 unspecified atom stereocenters. The van der Waals surface area contributed by atoms with Crippen LogP contribution in [0.4, 0.5) is 5.82 Å². The summed E-state index contributed by atoms with van der Waals surface area (Å²) in [5, 5.41) is 2.68. The zero-order valence-corrected chi connectivity index (χ0v) is 16.9. The number of rotatable bonds is 5. The minimum absolute atomic E-state index is 0.00985. The van der Waals surface area contributed by atoms with Crippen molar-refractivity contribution in [1.82, 2.24) is 19.5 Å². The zero-order chi connectivity index (χ0) is 19.8. The van der Waals surface area contributed by atoms with Crippen LogP contribution >= 0.6 is 11.3 Å². The molecule has 1 aliphatic rings. The largest absolute Gasteiger partial charge is 0.383 e. The van der Waals surface area contributed by atoms with E-state index in [1.807, 2.05) is 35.7 Å². The highest BCUT2D eigenvalue weighted by molar-refractivity contribution is 7.17. The number of fused-ring (bicyclic) bond motifs is 2. The minimum Gasteiger partial charge on any atom is -0.383 e. The highest BCUT2D eigenvalue weighted by Crippen LogP contribution is 2.38. The third-order valence-corrected chi connectivity index (χ3v) is 6.36. The Kier molecular flexibility index (Phi) is 4.73. The lowest BCUT2D eigenvalue weighted by Gasteiger charge is -2.27. The lowest BCUT2D eigenvalue weighted by atomic mass is 10.1. The molecule has 0 radical (unpaired) electrons. The van der Waals surface area contributed by atoms with Crippen LogP contribution < -0.4 is 10.5 Å². The van der Waals surface area contributed by atoms with Gasteiger partial charge in [0.15, 0.2) is 5.82 Å². The van der Waals surface area contributed by atoms with Crippen LogP contribution in [0.1, 0.15) is 24.7 Å². The molecule has 1 fully saturated rings. The molecule has 4 aromatic rings. The Bertz CT molecular complexity index is 1230. The minimum atomic E-state index is -0.0153. The second-order valence-electron chi connectivity index (χ2n) is 7.12. The highest BCUT2D eigenvalue weighted by atomic mass is 32.1. The molecule has 5 rings (SSSR count). The fourth-order valence-electron chi connectivity index (χ4n) is 4.11. The van der Waals surface area contributed by atoms with Gasteiger partial charge in [0, 0.05) is 13.7 Å². The maximum absolute atomic E-state index is 13.3. The second kappa shape index (κ2) is 7.53. The Morgan fingerprint density at radius 1 is 1.21 bits per heavy atom. The number of para-hydroxylation sites is 1. The van der Waals surface area contributed by atoms with Gasteiger partial charge >= 0.3 is 0 Å². The molecule has 0 saturated carbocycles. The normalized spacial score (nSPS) is 16.9. The van der Waals surface area contributed by atoms with Crippen molar-refractivity contribution in [2.45, 2.75) is 25.4 Å². The molecule has 0 aliphatic carbocycles. The van der Waals surface area contributed by atoms with E-state index < -0.39 is 0 Å². The summed E-state index contributed by atoms with van der Waals surface area (Å²) in [6, 6.07) is 9.54. The first-order valence-electron chi connectivity index (χ1n) is 9.71. The van der Waals surface area contributed by atoms with Crippen LogP contribution in [0.25, 0.3) is 21.1 Å². The summed E-state index contributed by atoms with van der Waals surface area (Å²) in [5.41, 5.74) is 1.67. The fraction of sp³-hybridized carbons (Fsp3) is 0.333. The van der Waals surface area contributed by atoms with Gasteiger partial charge < -0.3 is 9.64 Å². The Hall–Kier alpha value is -2.84. The molecule has 0 bridgehead atoms. The molecule has 148 valence electrons. The summed E-state index contributed by atoms with van der Waals surface area (Å²) < 4.78 is 8.12. The van der Waals surface area contributed by atoms with Crippen molar-refractivity contribution in [3.63, 3.8) is 0 Å². The number of thiophene rings is 1. The zero-order valence-electron chi connectivity index (χ0n) is 16.1. The SMILES string of the molecule is COCCn1c(C2CCCN2c2ncnc3ccsc23)nc2ccccc2c1=O. The average molecular weight is 407 g/mol. The summed E-state index contributed by atoms with van der Waals surface area (Å²) in [4.78, 5) is 29.4. The van der Waals surface area contributed by atoms with Crippen molar-refractivity contribution >= 4 is 38.3 Å². The first kappa shape index (κ1) is 18.2. The summed E-state index contributed by atoms with van der Waals surface area (Å²) >= 11 is 1.65. The quantitative estimate of drug-likeness (QED) is 0.505. The molecule has 0 spiro atoms. The highest BCUT2D eigenvalue weighted by Gasteiger charge is 2.32. The maximum atomic E-state index is 13.3. The van der Waals surface area contributed by atoms with Crippen LogP contribution in [0.15, 0.2) is 46.8 Å². The monoisotopic (exact) mass is 407 g/mol. The van der Waals surface area contributed by atoms with E-state index in [-0.39, 0.29) is 11.6 Å². The summed E-state index contributed by atoms with van der Waals surface area (Å²) in [7, 11) is 1.65. The van der Waals surface area contributed by atoms with E-state index in [0.29, 0.717) is 18.5 Å². The third kappa shape index (κ3) is 3.08. The van der Waals surface area contributed by atoms with Crippen molar-refractivity contribution in [3.05, 3.63) is 58.2 Å². The van der Waals surface area contributed by atoms with Gasteiger partial charge in [-0.3, -0.25) is 9.36 Å². The number of aromatic nitrogens is 4. The van der Waals surface area contributed by atoms with E-state index in [1.165, 1.54) is 0 Å². The second-order valence-corrected chi connectivity index (χ2v) is 8.04. The van der Waals surface area contributed by atoms with Gasteiger partial charge in [0.1, 0.15) is 12.2 Å². The van der Waals surface area contributed by atoms with Crippen molar-refractivity contribution < 1.29 is 4.74 Å². The van der Waals surface area contributed by atoms with E-state index in [1.54, 1.807) is 29.3 Å². The molecule has 1 atom stereocenters. The summed E-state index contributed by atoms with van der Waals surface area (Å²) in [6.07, 6.45) is 3.56. The predicted octanol–water partition coefficient (Wildman–Crippen LogP) is 3.39. The van der Waals surface area contributed by atoms with Crippen LogP contribution in [0.5, 0.6) is 0 Å². The first-order chi connectivity index (χ1) is 14.3. The van der Waals surface area contributed by atoms with Gasteiger partial charge in [-0.25, -0.2) is 15.0 Å². The number of hydrogen-bond donors (Lipinski definition) is 0. The molecule has 7 nitrogen and oxygen atoms in total. The Morgan fingerprint density at radius 2 is 2.10 bits per heavy atom. The van der Waals surface area contributed by atoms with E-state index >= 15 is 0 Å². The van der Waals surface area contributed by atoms with Gasteiger partial charge in [-0.15, -0.1) is 11.3 Å². The number of benzene rings is 1. The summed E-state index contributed by atoms with van der Waals surface area (Å²) in [5.74, 6) is 1.71. The number of ether oxygens (including phenoxy) is 1. The van der Waals surface area contributed by atoms with Gasteiger partial charge in [0.05, 0.1) is 40.3 Å². The fourth-order valence-corrected chi connectivity index (χ4v) is 4.96. The van der Waals surface area contributed by atoms with Crippen molar-refractivity contribution in [2.75, 3.05) is 25.2 Å². The Balaban J connectivity index is 1.67. The smallest absolute Gasteiger partial charge is 0.261 e. The molecular weight excluding hydrogens is 386 g/mol. The van der Waals surface area contributed by atoms with Gasteiger partial charge in [-0.2, -0.15) is 0 Å². The van der Waals surface area contributed by atoms with E-state index in [0.717, 1.165) is 46.8 Å². The van der Waals surface area contributed by atoms with Gasteiger partial charge in [-0.1, -0.05) is 12.1 Å². The van der Waals surface area contributed by atoms with Gasteiger partial charge in [-0.05, 0) is 36.4 Å². The van der Waals surface area contributed by atoms with Crippen LogP contribution in [-0.2, 0) is 11.3 Å². The molecule has 0 N–H and O–H groups in total. The Labute approximate surface area is 171 Å². The van der Waals surface area contributed by atoms with E-state index in [2.05, 4.69) is 14.9 Å². The number of hydrogen-bond acceptors (Lipinski definition) is 7. The predicted molar refractivity (Wildman–Crippen MR) is 115 cm³/mol. The van der Waals surface area contributed by atoms with Gasteiger partial charge in [0.2, 0.25) is 0 Å². The van der Waals surface area contributed by atoms with Crippen LogP contribution in [0.2, 0.25) is 0 Å². The molecular formula is C21H21N5O2S. The molecule has 1 aromatic carbocycles. The van der Waals surface area contributed by atoms with Crippen molar-refractivity contribution in [1.29, 1.82) is 0 Å².